The first-order valence-corrected chi connectivity index (χ1v) is 8.15. The van der Waals surface area contributed by atoms with E-state index >= 15 is 0 Å². The van der Waals surface area contributed by atoms with E-state index in [4.69, 9.17) is 4.74 Å². The molecule has 2 rings (SSSR count). The van der Waals surface area contributed by atoms with Crippen LogP contribution in [0.2, 0.25) is 0 Å². The molecule has 0 spiro atoms. The topological polar surface area (TPSA) is 29.5 Å². The minimum atomic E-state index is 0.0847. The number of amides is 1. The van der Waals surface area contributed by atoms with Gasteiger partial charge in [0.2, 0.25) is 0 Å². The Kier molecular flexibility index (Phi) is 4.63. The third-order valence-corrected chi connectivity index (χ3v) is 5.14. The van der Waals surface area contributed by atoms with E-state index < -0.39 is 0 Å². The van der Waals surface area contributed by atoms with E-state index in [-0.39, 0.29) is 18.1 Å². The lowest BCUT2D eigenvalue weighted by Gasteiger charge is -2.36. The molecular formula is C11H13Br2NO2S. The zero-order valence-corrected chi connectivity index (χ0v) is 13.3. The molecule has 3 nitrogen and oxygen atoms in total. The van der Waals surface area contributed by atoms with Gasteiger partial charge in [0.05, 0.1) is 12.2 Å². The number of nitrogens with zero attached hydrogens (tertiary/aromatic N) is 1. The van der Waals surface area contributed by atoms with Crippen molar-refractivity contribution in [3.8, 4) is 0 Å². The van der Waals surface area contributed by atoms with E-state index in [0.29, 0.717) is 13.1 Å². The summed E-state index contributed by atoms with van der Waals surface area (Å²) < 4.78 is 6.59. The summed E-state index contributed by atoms with van der Waals surface area (Å²) in [6.07, 6.45) is 0.176. The van der Waals surface area contributed by atoms with E-state index in [1.54, 1.807) is 0 Å². The van der Waals surface area contributed by atoms with E-state index in [9.17, 15) is 4.79 Å². The quantitative estimate of drug-likeness (QED) is 0.735. The van der Waals surface area contributed by atoms with Crippen LogP contribution >= 0.6 is 43.2 Å². The van der Waals surface area contributed by atoms with Gasteiger partial charge in [-0.15, -0.1) is 11.3 Å². The van der Waals surface area contributed by atoms with Crippen molar-refractivity contribution >= 4 is 49.1 Å². The molecule has 6 heteroatoms. The Morgan fingerprint density at radius 1 is 1.65 bits per heavy atom. The molecule has 0 N–H and O–H groups in total. The fourth-order valence-corrected chi connectivity index (χ4v) is 3.75. The Labute approximate surface area is 121 Å². The summed E-state index contributed by atoms with van der Waals surface area (Å²) in [5.74, 6) is 0.0907. The lowest BCUT2D eigenvalue weighted by molar-refractivity contribution is -0.0558. The maximum Gasteiger partial charge on any atom is 0.265 e. The number of ether oxygens (including phenoxy) is 1. The Hall–Kier alpha value is 0.0900. The summed E-state index contributed by atoms with van der Waals surface area (Å²) in [7, 11) is 0. The molecule has 1 aliphatic rings. The maximum absolute atomic E-state index is 12.3. The van der Waals surface area contributed by atoms with Crippen LogP contribution in [0, 0.1) is 0 Å². The predicted octanol–water partition coefficient (Wildman–Crippen LogP) is 3.14. The minimum Gasteiger partial charge on any atom is -0.371 e. The van der Waals surface area contributed by atoms with Crippen LogP contribution in [0.1, 0.15) is 16.6 Å². The summed E-state index contributed by atoms with van der Waals surface area (Å²) in [6, 6.07) is 1.91. The number of thiophene rings is 1. The van der Waals surface area contributed by atoms with Gasteiger partial charge in [-0.1, -0.05) is 15.9 Å². The number of carbonyl (C=O) groups is 1. The van der Waals surface area contributed by atoms with E-state index in [2.05, 4.69) is 31.9 Å². The molecule has 1 saturated heterocycles. The van der Waals surface area contributed by atoms with E-state index in [1.165, 1.54) is 11.3 Å². The summed E-state index contributed by atoms with van der Waals surface area (Å²) in [4.78, 5) is 15.0. The van der Waals surface area contributed by atoms with Gasteiger partial charge in [-0.2, -0.15) is 0 Å². The van der Waals surface area contributed by atoms with Crippen LogP contribution in [0.4, 0.5) is 0 Å². The highest BCUT2D eigenvalue weighted by atomic mass is 79.9. The van der Waals surface area contributed by atoms with Gasteiger partial charge in [-0.05, 0) is 34.3 Å². The number of alkyl halides is 1. The molecule has 1 fully saturated rings. The smallest absolute Gasteiger partial charge is 0.265 e. The highest BCUT2D eigenvalue weighted by Gasteiger charge is 2.29. The lowest BCUT2D eigenvalue weighted by Crippen LogP contribution is -2.49. The minimum absolute atomic E-state index is 0.0847. The fourth-order valence-electron chi connectivity index (χ4n) is 1.89. The van der Waals surface area contributed by atoms with Crippen molar-refractivity contribution in [3.05, 3.63) is 20.8 Å². The highest BCUT2D eigenvalue weighted by Crippen LogP contribution is 2.25. The van der Waals surface area contributed by atoms with Crippen molar-refractivity contribution in [2.45, 2.75) is 19.1 Å². The zero-order valence-electron chi connectivity index (χ0n) is 9.36. The van der Waals surface area contributed by atoms with Gasteiger partial charge in [0, 0.05) is 22.9 Å². The van der Waals surface area contributed by atoms with Crippen molar-refractivity contribution in [1.29, 1.82) is 0 Å². The number of morpholine rings is 1. The van der Waals surface area contributed by atoms with Crippen LogP contribution in [0.25, 0.3) is 0 Å². The molecule has 1 amide bonds. The monoisotopic (exact) mass is 381 g/mol. The first-order chi connectivity index (χ1) is 8.11. The van der Waals surface area contributed by atoms with Crippen LogP contribution in [0.15, 0.2) is 15.9 Å². The number of carbonyl (C=O) groups excluding carboxylic acids is 1. The van der Waals surface area contributed by atoms with E-state index in [0.717, 1.165) is 14.7 Å². The van der Waals surface area contributed by atoms with Gasteiger partial charge in [-0.25, -0.2) is 0 Å². The van der Waals surface area contributed by atoms with Crippen LogP contribution in [0.3, 0.4) is 0 Å². The standard InChI is InChI=1S/C11H13Br2NO2S/c1-7-5-14(6-8(4-12)16-7)11(15)10-9(13)2-3-17-10/h2-3,7-8H,4-6H2,1H3. The molecule has 0 saturated carbocycles. The SMILES string of the molecule is CC1CN(C(=O)c2sccc2Br)CC(CBr)O1. The molecule has 1 aliphatic heterocycles. The number of hydrogen-bond donors (Lipinski definition) is 0. The molecule has 2 atom stereocenters. The van der Waals surface area contributed by atoms with Crippen molar-refractivity contribution in [1.82, 2.24) is 4.90 Å². The molecule has 0 bridgehead atoms. The second-order valence-electron chi connectivity index (χ2n) is 4.03. The molecular weight excluding hydrogens is 370 g/mol. The van der Waals surface area contributed by atoms with Crippen molar-refractivity contribution in [2.75, 3.05) is 18.4 Å². The zero-order chi connectivity index (χ0) is 12.4. The summed E-state index contributed by atoms with van der Waals surface area (Å²) in [5.41, 5.74) is 0. The maximum atomic E-state index is 12.3. The van der Waals surface area contributed by atoms with Crippen LogP contribution in [-0.2, 0) is 4.74 Å². The number of rotatable bonds is 2. The predicted molar refractivity (Wildman–Crippen MR) is 76.1 cm³/mol. The van der Waals surface area contributed by atoms with Crippen molar-refractivity contribution in [2.24, 2.45) is 0 Å². The van der Waals surface area contributed by atoms with Gasteiger partial charge in [0.25, 0.3) is 5.91 Å². The second-order valence-corrected chi connectivity index (χ2v) is 6.45. The first-order valence-electron chi connectivity index (χ1n) is 5.35. The Morgan fingerprint density at radius 3 is 3.00 bits per heavy atom. The molecule has 94 valence electrons. The van der Waals surface area contributed by atoms with Gasteiger partial charge in [0.15, 0.2) is 0 Å². The van der Waals surface area contributed by atoms with Crippen molar-refractivity contribution in [3.63, 3.8) is 0 Å². The van der Waals surface area contributed by atoms with Crippen LogP contribution < -0.4 is 0 Å². The normalized spacial score (nSPS) is 25.0. The summed E-state index contributed by atoms with van der Waals surface area (Å²) >= 11 is 8.28. The number of halogens is 2. The molecule has 1 aromatic rings. The molecule has 0 aromatic carbocycles. The fraction of sp³-hybridized carbons (Fsp3) is 0.545. The van der Waals surface area contributed by atoms with Crippen LogP contribution in [0.5, 0.6) is 0 Å². The Balaban J connectivity index is 2.11. The third kappa shape index (κ3) is 3.10. The molecule has 2 heterocycles. The van der Waals surface area contributed by atoms with Crippen molar-refractivity contribution < 1.29 is 9.53 Å². The van der Waals surface area contributed by atoms with Gasteiger partial charge < -0.3 is 9.64 Å². The summed E-state index contributed by atoms with van der Waals surface area (Å²) in [6.45, 7) is 3.31. The molecule has 0 radical (unpaired) electrons. The molecule has 2 unspecified atom stereocenters. The Bertz CT molecular complexity index is 410. The lowest BCUT2D eigenvalue weighted by atomic mass is 10.2. The Morgan fingerprint density at radius 2 is 2.41 bits per heavy atom. The first kappa shape index (κ1) is 13.5. The largest absolute Gasteiger partial charge is 0.371 e. The summed E-state index contributed by atoms with van der Waals surface area (Å²) in [5, 5.41) is 2.68. The third-order valence-electron chi connectivity index (χ3n) is 2.60. The van der Waals surface area contributed by atoms with Gasteiger partial charge >= 0.3 is 0 Å². The second kappa shape index (κ2) is 5.82. The average molecular weight is 383 g/mol. The number of hydrogen-bond acceptors (Lipinski definition) is 3. The van der Waals surface area contributed by atoms with Gasteiger partial charge in [-0.3, -0.25) is 4.79 Å². The average Bonchev–Trinajstić information content (AvgIpc) is 2.73. The highest BCUT2D eigenvalue weighted by molar-refractivity contribution is 9.10. The van der Waals surface area contributed by atoms with Crippen LogP contribution in [-0.4, -0.2) is 41.4 Å². The molecule has 0 aliphatic carbocycles. The molecule has 17 heavy (non-hydrogen) atoms. The molecule has 1 aromatic heterocycles. The van der Waals surface area contributed by atoms with E-state index in [1.807, 2.05) is 23.3 Å². The van der Waals surface area contributed by atoms with Gasteiger partial charge in [0.1, 0.15) is 4.88 Å².